The fraction of sp³-hybridized carbons (Fsp3) is 0.0667. The standard InChI is InChI=1S/C15H9Cl2F2NO3/c16-8-2-1-3-9(4-8)20-14(21)7-23-15(22)10-5-12(18)13(19)6-11(10)17/h1-6H,7H2,(H,20,21). The van der Waals surface area contributed by atoms with Crippen molar-refractivity contribution in [3.63, 3.8) is 0 Å². The number of halogens is 4. The summed E-state index contributed by atoms with van der Waals surface area (Å²) in [7, 11) is 0. The van der Waals surface area contributed by atoms with Crippen LogP contribution in [-0.2, 0) is 9.53 Å². The minimum absolute atomic E-state index is 0.316. The molecule has 0 saturated heterocycles. The number of hydrogen-bond donors (Lipinski definition) is 1. The lowest BCUT2D eigenvalue weighted by Crippen LogP contribution is -2.21. The van der Waals surface area contributed by atoms with E-state index < -0.39 is 30.1 Å². The number of esters is 1. The summed E-state index contributed by atoms with van der Waals surface area (Å²) < 4.78 is 30.7. The van der Waals surface area contributed by atoms with Gasteiger partial charge in [-0.15, -0.1) is 0 Å². The second-order valence-electron chi connectivity index (χ2n) is 4.38. The number of carbonyl (C=O) groups is 2. The molecule has 1 amide bonds. The third-order valence-corrected chi connectivity index (χ3v) is 3.22. The average Bonchev–Trinajstić information content (AvgIpc) is 2.48. The topological polar surface area (TPSA) is 55.4 Å². The van der Waals surface area contributed by atoms with Gasteiger partial charge in [0.25, 0.3) is 5.91 Å². The molecule has 0 unspecified atom stereocenters. The molecule has 0 spiro atoms. The lowest BCUT2D eigenvalue weighted by Gasteiger charge is -2.08. The van der Waals surface area contributed by atoms with E-state index >= 15 is 0 Å². The Kier molecular flexibility index (Phi) is 5.52. The van der Waals surface area contributed by atoms with Crippen molar-refractivity contribution in [2.45, 2.75) is 0 Å². The third-order valence-electron chi connectivity index (χ3n) is 2.67. The van der Waals surface area contributed by atoms with Crippen LogP contribution in [0.25, 0.3) is 0 Å². The van der Waals surface area contributed by atoms with E-state index in [2.05, 4.69) is 5.32 Å². The Balaban J connectivity index is 1.96. The van der Waals surface area contributed by atoms with E-state index in [1.54, 1.807) is 18.2 Å². The van der Waals surface area contributed by atoms with Crippen molar-refractivity contribution in [3.8, 4) is 0 Å². The van der Waals surface area contributed by atoms with Crippen molar-refractivity contribution >= 4 is 40.8 Å². The van der Waals surface area contributed by atoms with Gasteiger partial charge in [0.1, 0.15) is 0 Å². The molecule has 0 bridgehead atoms. The lowest BCUT2D eigenvalue weighted by atomic mass is 10.2. The van der Waals surface area contributed by atoms with Gasteiger partial charge in [-0.3, -0.25) is 4.79 Å². The molecular formula is C15H9Cl2F2NO3. The fourth-order valence-electron chi connectivity index (χ4n) is 1.65. The molecule has 0 heterocycles. The van der Waals surface area contributed by atoms with Gasteiger partial charge in [0.2, 0.25) is 0 Å². The van der Waals surface area contributed by atoms with Crippen molar-refractivity contribution in [2.75, 3.05) is 11.9 Å². The summed E-state index contributed by atoms with van der Waals surface area (Å²) in [5.41, 5.74) is 0.0468. The summed E-state index contributed by atoms with van der Waals surface area (Å²) in [5, 5.41) is 2.57. The van der Waals surface area contributed by atoms with Crippen LogP contribution in [0.2, 0.25) is 10.0 Å². The Morgan fingerprint density at radius 1 is 1.09 bits per heavy atom. The van der Waals surface area contributed by atoms with E-state index in [0.29, 0.717) is 22.8 Å². The van der Waals surface area contributed by atoms with Crippen LogP contribution in [0.3, 0.4) is 0 Å². The Morgan fingerprint density at radius 3 is 2.48 bits per heavy atom. The Labute approximate surface area is 140 Å². The zero-order valence-electron chi connectivity index (χ0n) is 11.4. The van der Waals surface area contributed by atoms with Crippen LogP contribution in [0.1, 0.15) is 10.4 Å². The van der Waals surface area contributed by atoms with Gasteiger partial charge >= 0.3 is 5.97 Å². The smallest absolute Gasteiger partial charge is 0.340 e. The highest BCUT2D eigenvalue weighted by molar-refractivity contribution is 6.33. The average molecular weight is 360 g/mol. The van der Waals surface area contributed by atoms with E-state index in [0.717, 1.165) is 0 Å². The molecule has 2 aromatic rings. The van der Waals surface area contributed by atoms with Crippen molar-refractivity contribution in [3.05, 3.63) is 63.6 Å². The number of anilines is 1. The van der Waals surface area contributed by atoms with Crippen molar-refractivity contribution in [1.29, 1.82) is 0 Å². The maximum atomic E-state index is 13.1. The van der Waals surface area contributed by atoms with Gasteiger partial charge in [-0.1, -0.05) is 29.3 Å². The normalized spacial score (nSPS) is 10.3. The first-order valence-corrected chi connectivity index (χ1v) is 6.99. The molecule has 0 aliphatic heterocycles. The van der Waals surface area contributed by atoms with Crippen molar-refractivity contribution < 1.29 is 23.1 Å². The summed E-state index contributed by atoms with van der Waals surface area (Å²) in [6, 6.07) is 7.62. The molecule has 120 valence electrons. The molecule has 23 heavy (non-hydrogen) atoms. The van der Waals surface area contributed by atoms with Crippen molar-refractivity contribution in [1.82, 2.24) is 0 Å². The van der Waals surface area contributed by atoms with Crippen LogP contribution in [0, 0.1) is 11.6 Å². The Morgan fingerprint density at radius 2 is 1.78 bits per heavy atom. The quantitative estimate of drug-likeness (QED) is 0.661. The van der Waals surface area contributed by atoms with Crippen LogP contribution in [0.5, 0.6) is 0 Å². The first-order valence-electron chi connectivity index (χ1n) is 6.24. The van der Waals surface area contributed by atoms with Gasteiger partial charge in [0, 0.05) is 10.7 Å². The fourth-order valence-corrected chi connectivity index (χ4v) is 2.07. The lowest BCUT2D eigenvalue weighted by molar-refractivity contribution is -0.119. The molecule has 2 aromatic carbocycles. The highest BCUT2D eigenvalue weighted by Crippen LogP contribution is 2.21. The van der Waals surface area contributed by atoms with Crippen LogP contribution in [-0.4, -0.2) is 18.5 Å². The molecule has 2 rings (SSSR count). The SMILES string of the molecule is O=C(COC(=O)c1cc(F)c(F)cc1Cl)Nc1cccc(Cl)c1. The maximum absolute atomic E-state index is 13.1. The van der Waals surface area contributed by atoms with Gasteiger partial charge in [0.15, 0.2) is 18.2 Å². The number of nitrogens with one attached hydrogen (secondary N) is 1. The second-order valence-corrected chi connectivity index (χ2v) is 5.22. The first-order chi connectivity index (χ1) is 10.9. The molecule has 0 fully saturated rings. The van der Waals surface area contributed by atoms with E-state index in [-0.39, 0.29) is 10.6 Å². The second kappa shape index (κ2) is 7.39. The van der Waals surface area contributed by atoms with E-state index in [1.807, 2.05) is 0 Å². The highest BCUT2D eigenvalue weighted by atomic mass is 35.5. The third kappa shape index (κ3) is 4.64. The molecule has 0 atom stereocenters. The van der Waals surface area contributed by atoms with Gasteiger partial charge in [-0.2, -0.15) is 0 Å². The summed E-state index contributed by atoms with van der Waals surface area (Å²) in [4.78, 5) is 23.4. The largest absolute Gasteiger partial charge is 0.452 e. The summed E-state index contributed by atoms with van der Waals surface area (Å²) in [6.45, 7) is -0.624. The number of carbonyl (C=O) groups excluding carboxylic acids is 2. The zero-order valence-corrected chi connectivity index (χ0v) is 12.9. The summed E-state index contributed by atoms with van der Waals surface area (Å²) >= 11 is 11.4. The Bertz CT molecular complexity index is 768. The Hall–Kier alpha value is -2.18. The van der Waals surface area contributed by atoms with Crippen molar-refractivity contribution in [2.24, 2.45) is 0 Å². The van der Waals surface area contributed by atoms with Crippen LogP contribution in [0.4, 0.5) is 14.5 Å². The highest BCUT2D eigenvalue weighted by Gasteiger charge is 2.17. The maximum Gasteiger partial charge on any atom is 0.340 e. The monoisotopic (exact) mass is 359 g/mol. The van der Waals surface area contributed by atoms with E-state index in [4.69, 9.17) is 27.9 Å². The van der Waals surface area contributed by atoms with Crippen LogP contribution in [0.15, 0.2) is 36.4 Å². The number of rotatable bonds is 4. The molecule has 8 heteroatoms. The molecule has 1 N–H and O–H groups in total. The van der Waals surface area contributed by atoms with Gasteiger partial charge in [-0.05, 0) is 30.3 Å². The molecule has 4 nitrogen and oxygen atoms in total. The number of hydrogen-bond acceptors (Lipinski definition) is 3. The predicted molar refractivity (Wildman–Crippen MR) is 81.7 cm³/mol. The first kappa shape index (κ1) is 17.2. The number of benzene rings is 2. The molecule has 0 radical (unpaired) electrons. The van der Waals surface area contributed by atoms with Crippen LogP contribution < -0.4 is 5.32 Å². The van der Waals surface area contributed by atoms with E-state index in [9.17, 15) is 18.4 Å². The summed E-state index contributed by atoms with van der Waals surface area (Å²) in [5.74, 6) is -4.11. The van der Waals surface area contributed by atoms with Gasteiger partial charge in [0.05, 0.1) is 10.6 Å². The number of amides is 1. The molecule has 0 aliphatic carbocycles. The predicted octanol–water partition coefficient (Wildman–Crippen LogP) is 4.07. The zero-order chi connectivity index (χ0) is 17.0. The molecule has 0 aromatic heterocycles. The van der Waals surface area contributed by atoms with E-state index in [1.165, 1.54) is 6.07 Å². The molecule has 0 saturated carbocycles. The van der Waals surface area contributed by atoms with Crippen LogP contribution >= 0.6 is 23.2 Å². The number of ether oxygens (including phenoxy) is 1. The molecular weight excluding hydrogens is 351 g/mol. The summed E-state index contributed by atoms with van der Waals surface area (Å²) in [6.07, 6.45) is 0. The van der Waals surface area contributed by atoms with Gasteiger partial charge in [-0.25, -0.2) is 13.6 Å². The van der Waals surface area contributed by atoms with Gasteiger partial charge < -0.3 is 10.1 Å². The molecule has 0 aliphatic rings. The minimum atomic E-state index is -1.25. The minimum Gasteiger partial charge on any atom is -0.452 e.